The number of anilines is 1. The average Bonchev–Trinajstić information content (AvgIpc) is 2.73. The summed E-state index contributed by atoms with van der Waals surface area (Å²) in [6.45, 7) is 2.59. The van der Waals surface area contributed by atoms with Crippen LogP contribution in [0, 0.1) is 12.8 Å². The van der Waals surface area contributed by atoms with Crippen molar-refractivity contribution in [2.24, 2.45) is 5.92 Å². The molecule has 29 heavy (non-hydrogen) atoms. The highest BCUT2D eigenvalue weighted by Gasteiger charge is 2.29. The van der Waals surface area contributed by atoms with Crippen molar-refractivity contribution in [2.75, 3.05) is 25.0 Å². The van der Waals surface area contributed by atoms with Crippen LogP contribution in [0.4, 0.5) is 5.69 Å². The number of amides is 2. The summed E-state index contributed by atoms with van der Waals surface area (Å²) in [6.07, 6.45) is 1.50. The highest BCUT2D eigenvalue weighted by molar-refractivity contribution is 5.96. The molecular formula is C22H24N2O5. The molecule has 0 radical (unpaired) electrons. The molecule has 1 fully saturated rings. The standard InChI is InChI=1S/C22H24N2O5/c1-15-4-6-16(7-5-15)22(28)24-12-2-3-17(13-24)21(27)23-18-8-10-19(11-9-18)29-14-20(25)26/h4-11,17H,2-3,12-14H2,1H3,(H,23,27)(H,25,26). The number of piperidine rings is 1. The lowest BCUT2D eigenvalue weighted by atomic mass is 9.96. The molecule has 0 aromatic heterocycles. The number of nitrogens with zero attached hydrogens (tertiary/aromatic N) is 1. The van der Waals surface area contributed by atoms with E-state index in [9.17, 15) is 14.4 Å². The number of rotatable bonds is 6. The van der Waals surface area contributed by atoms with Gasteiger partial charge in [0.2, 0.25) is 5.91 Å². The second-order valence-electron chi connectivity index (χ2n) is 7.15. The summed E-state index contributed by atoms with van der Waals surface area (Å²) in [5.41, 5.74) is 2.32. The van der Waals surface area contributed by atoms with Gasteiger partial charge in [0.15, 0.2) is 6.61 Å². The Hall–Kier alpha value is -3.35. The van der Waals surface area contributed by atoms with Gasteiger partial charge < -0.3 is 20.1 Å². The maximum atomic E-state index is 12.7. The van der Waals surface area contributed by atoms with Gasteiger partial charge >= 0.3 is 5.97 Å². The summed E-state index contributed by atoms with van der Waals surface area (Å²) in [4.78, 5) is 37.6. The second kappa shape index (κ2) is 9.23. The van der Waals surface area contributed by atoms with Crippen molar-refractivity contribution in [3.05, 3.63) is 59.7 Å². The van der Waals surface area contributed by atoms with Crippen molar-refractivity contribution < 1.29 is 24.2 Å². The first-order chi connectivity index (χ1) is 13.9. The van der Waals surface area contributed by atoms with Gasteiger partial charge in [-0.25, -0.2) is 4.79 Å². The third kappa shape index (κ3) is 5.57. The number of aryl methyl sites for hydroxylation is 1. The molecule has 1 unspecified atom stereocenters. The molecule has 0 spiro atoms. The molecular weight excluding hydrogens is 372 g/mol. The fourth-order valence-corrected chi connectivity index (χ4v) is 3.28. The zero-order valence-corrected chi connectivity index (χ0v) is 16.3. The van der Waals surface area contributed by atoms with E-state index in [0.717, 1.165) is 18.4 Å². The smallest absolute Gasteiger partial charge is 0.341 e. The van der Waals surface area contributed by atoms with Gasteiger partial charge in [0, 0.05) is 24.3 Å². The van der Waals surface area contributed by atoms with Crippen LogP contribution in [0.25, 0.3) is 0 Å². The summed E-state index contributed by atoms with van der Waals surface area (Å²) in [5, 5.41) is 11.5. The monoisotopic (exact) mass is 396 g/mol. The first kappa shape index (κ1) is 20.4. The molecule has 1 atom stereocenters. The van der Waals surface area contributed by atoms with Crippen molar-refractivity contribution in [1.82, 2.24) is 4.90 Å². The summed E-state index contributed by atoms with van der Waals surface area (Å²) in [7, 11) is 0. The van der Waals surface area contributed by atoms with Crippen LogP contribution in [-0.2, 0) is 9.59 Å². The third-order valence-electron chi connectivity index (χ3n) is 4.86. The number of hydrogen-bond donors (Lipinski definition) is 2. The van der Waals surface area contributed by atoms with Crippen LogP contribution < -0.4 is 10.1 Å². The summed E-state index contributed by atoms with van der Waals surface area (Å²) >= 11 is 0. The van der Waals surface area contributed by atoms with Gasteiger partial charge in [-0.1, -0.05) is 17.7 Å². The number of carboxylic acids is 1. The Morgan fingerprint density at radius 2 is 1.79 bits per heavy atom. The Labute approximate surface area is 169 Å². The fourth-order valence-electron chi connectivity index (χ4n) is 3.28. The minimum Gasteiger partial charge on any atom is -0.482 e. The van der Waals surface area contributed by atoms with Crippen molar-refractivity contribution in [3.63, 3.8) is 0 Å². The molecule has 2 N–H and O–H groups in total. The number of carbonyl (C=O) groups excluding carboxylic acids is 2. The molecule has 3 rings (SSSR count). The van der Waals surface area contributed by atoms with E-state index in [1.807, 2.05) is 31.2 Å². The number of nitrogens with one attached hydrogen (secondary N) is 1. The predicted molar refractivity (Wildman–Crippen MR) is 108 cm³/mol. The number of benzene rings is 2. The zero-order chi connectivity index (χ0) is 20.8. The molecule has 1 heterocycles. The van der Waals surface area contributed by atoms with E-state index < -0.39 is 12.6 Å². The van der Waals surface area contributed by atoms with Crippen LogP contribution in [0.5, 0.6) is 5.75 Å². The van der Waals surface area contributed by atoms with Crippen LogP contribution >= 0.6 is 0 Å². The summed E-state index contributed by atoms with van der Waals surface area (Å²) < 4.78 is 5.08. The maximum absolute atomic E-state index is 12.7. The minimum atomic E-state index is -1.05. The topological polar surface area (TPSA) is 95.9 Å². The van der Waals surface area contributed by atoms with Gasteiger partial charge in [0.05, 0.1) is 5.92 Å². The lowest BCUT2D eigenvalue weighted by molar-refractivity contribution is -0.139. The largest absolute Gasteiger partial charge is 0.482 e. The number of likely N-dealkylation sites (tertiary alicyclic amines) is 1. The maximum Gasteiger partial charge on any atom is 0.341 e. The first-order valence-corrected chi connectivity index (χ1v) is 9.54. The van der Waals surface area contributed by atoms with Crippen molar-refractivity contribution in [1.29, 1.82) is 0 Å². The van der Waals surface area contributed by atoms with E-state index in [0.29, 0.717) is 30.1 Å². The van der Waals surface area contributed by atoms with E-state index in [-0.39, 0.29) is 17.7 Å². The molecule has 2 aromatic carbocycles. The number of aliphatic carboxylic acids is 1. The Kier molecular flexibility index (Phi) is 6.49. The van der Waals surface area contributed by atoms with E-state index >= 15 is 0 Å². The van der Waals surface area contributed by atoms with E-state index in [2.05, 4.69) is 5.32 Å². The minimum absolute atomic E-state index is 0.0533. The zero-order valence-electron chi connectivity index (χ0n) is 16.3. The molecule has 7 heteroatoms. The molecule has 0 saturated carbocycles. The highest BCUT2D eigenvalue weighted by Crippen LogP contribution is 2.22. The van der Waals surface area contributed by atoms with Crippen molar-refractivity contribution >= 4 is 23.5 Å². The second-order valence-corrected chi connectivity index (χ2v) is 7.15. The quantitative estimate of drug-likeness (QED) is 0.783. The molecule has 2 aromatic rings. The Bertz CT molecular complexity index is 877. The lowest BCUT2D eigenvalue weighted by Gasteiger charge is -2.32. The number of hydrogen-bond acceptors (Lipinski definition) is 4. The average molecular weight is 396 g/mol. The Balaban J connectivity index is 1.57. The van der Waals surface area contributed by atoms with E-state index in [1.54, 1.807) is 29.2 Å². The van der Waals surface area contributed by atoms with Crippen LogP contribution in [-0.4, -0.2) is 47.5 Å². The van der Waals surface area contributed by atoms with Crippen LogP contribution in [0.2, 0.25) is 0 Å². The lowest BCUT2D eigenvalue weighted by Crippen LogP contribution is -2.43. The SMILES string of the molecule is Cc1ccc(C(=O)N2CCCC(C(=O)Nc3ccc(OCC(=O)O)cc3)C2)cc1. The number of carboxylic acid groups (broad SMARTS) is 1. The van der Waals surface area contributed by atoms with Crippen LogP contribution in [0.3, 0.4) is 0 Å². The molecule has 2 amide bonds. The Morgan fingerprint density at radius 1 is 1.10 bits per heavy atom. The molecule has 0 bridgehead atoms. The third-order valence-corrected chi connectivity index (χ3v) is 4.86. The van der Waals surface area contributed by atoms with E-state index in [1.165, 1.54) is 0 Å². The van der Waals surface area contributed by atoms with Crippen LogP contribution in [0.15, 0.2) is 48.5 Å². The molecule has 1 aliphatic heterocycles. The highest BCUT2D eigenvalue weighted by atomic mass is 16.5. The molecule has 7 nitrogen and oxygen atoms in total. The first-order valence-electron chi connectivity index (χ1n) is 9.54. The number of carbonyl (C=O) groups is 3. The number of ether oxygens (including phenoxy) is 1. The summed E-state index contributed by atoms with van der Waals surface area (Å²) in [6, 6.07) is 14.0. The van der Waals surface area contributed by atoms with E-state index in [4.69, 9.17) is 9.84 Å². The molecule has 0 aliphatic carbocycles. The van der Waals surface area contributed by atoms with Gasteiger partial charge in [-0.3, -0.25) is 9.59 Å². The molecule has 152 valence electrons. The summed E-state index contributed by atoms with van der Waals surface area (Å²) in [5.74, 6) is -1.10. The van der Waals surface area contributed by atoms with Gasteiger partial charge in [-0.05, 0) is 56.2 Å². The van der Waals surface area contributed by atoms with Gasteiger partial charge in [0.25, 0.3) is 5.91 Å². The molecule has 1 saturated heterocycles. The van der Waals surface area contributed by atoms with Gasteiger partial charge in [0.1, 0.15) is 5.75 Å². The van der Waals surface area contributed by atoms with Gasteiger partial charge in [-0.2, -0.15) is 0 Å². The van der Waals surface area contributed by atoms with Gasteiger partial charge in [-0.15, -0.1) is 0 Å². The predicted octanol–water partition coefficient (Wildman–Crippen LogP) is 2.95. The normalized spacial score (nSPS) is 16.2. The van der Waals surface area contributed by atoms with Crippen molar-refractivity contribution in [3.8, 4) is 5.75 Å². The fraction of sp³-hybridized carbons (Fsp3) is 0.318. The molecule has 1 aliphatic rings. The van der Waals surface area contributed by atoms with Crippen molar-refractivity contribution in [2.45, 2.75) is 19.8 Å². The van der Waals surface area contributed by atoms with Crippen LogP contribution in [0.1, 0.15) is 28.8 Å². The Morgan fingerprint density at radius 3 is 2.45 bits per heavy atom.